The van der Waals surface area contributed by atoms with Crippen LogP contribution in [0.5, 0.6) is 0 Å². The number of aromatic nitrogens is 1. The predicted octanol–water partition coefficient (Wildman–Crippen LogP) is 4.42. The van der Waals surface area contributed by atoms with E-state index in [2.05, 4.69) is 20.6 Å². The van der Waals surface area contributed by atoms with Crippen molar-refractivity contribution >= 4 is 41.3 Å². The summed E-state index contributed by atoms with van der Waals surface area (Å²) in [5, 5.41) is 7.08. The molecule has 0 amide bonds. The quantitative estimate of drug-likeness (QED) is 0.227. The molecule has 30 heavy (non-hydrogen) atoms. The molecule has 2 N–H and O–H groups in total. The van der Waals surface area contributed by atoms with Gasteiger partial charge >= 0.3 is 6.18 Å². The number of hydrogen-bond donors (Lipinski definition) is 2. The van der Waals surface area contributed by atoms with Crippen molar-refractivity contribution in [2.24, 2.45) is 4.99 Å². The molecule has 1 atom stereocenters. The number of nitrogens with zero attached hydrogens (tertiary/aromatic N) is 3. The lowest BCUT2D eigenvalue weighted by atomic mass is 10.0. The number of aliphatic imine (C=N–C) groups is 1. The Morgan fingerprint density at radius 1 is 1.20 bits per heavy atom. The largest absolute Gasteiger partial charge is 0.434 e. The van der Waals surface area contributed by atoms with Crippen LogP contribution in [-0.4, -0.2) is 43.0 Å². The zero-order valence-corrected chi connectivity index (χ0v) is 19.7. The second kappa shape index (κ2) is 11.7. The molecule has 0 spiro atoms. The Morgan fingerprint density at radius 3 is 2.33 bits per heavy atom. The standard InChI is InChI=1S/C18H22F5N5S.HI/c1-4-24-17(26-9-15-27-14(10-29-15)18(21,22)23)25-8-13(28(2)3)16-11(19)6-5-7-12(16)20;/h5-7,10,13H,4,8-9H2,1-3H3,(H2,24,25,26);1H. The highest BCUT2D eigenvalue weighted by Crippen LogP contribution is 2.30. The summed E-state index contributed by atoms with van der Waals surface area (Å²) in [6.45, 7) is 2.39. The van der Waals surface area contributed by atoms with Crippen molar-refractivity contribution < 1.29 is 22.0 Å². The van der Waals surface area contributed by atoms with Gasteiger partial charge in [0.05, 0.1) is 12.6 Å². The molecule has 0 fully saturated rings. The third-order valence-electron chi connectivity index (χ3n) is 3.98. The summed E-state index contributed by atoms with van der Waals surface area (Å²) in [5.74, 6) is -1.01. The molecule has 2 aromatic rings. The summed E-state index contributed by atoms with van der Waals surface area (Å²) in [7, 11) is 3.38. The highest BCUT2D eigenvalue weighted by Gasteiger charge is 2.33. The van der Waals surface area contributed by atoms with Crippen molar-refractivity contribution in [1.29, 1.82) is 0 Å². The van der Waals surface area contributed by atoms with E-state index < -0.39 is 29.5 Å². The van der Waals surface area contributed by atoms with Crippen LogP contribution in [0.15, 0.2) is 28.6 Å². The van der Waals surface area contributed by atoms with E-state index in [4.69, 9.17) is 0 Å². The Morgan fingerprint density at radius 2 is 1.83 bits per heavy atom. The van der Waals surface area contributed by atoms with Crippen molar-refractivity contribution in [3.8, 4) is 0 Å². The second-order valence-electron chi connectivity index (χ2n) is 6.32. The van der Waals surface area contributed by atoms with Crippen LogP contribution in [-0.2, 0) is 12.7 Å². The molecule has 5 nitrogen and oxygen atoms in total. The van der Waals surface area contributed by atoms with Gasteiger partial charge in [0, 0.05) is 24.0 Å². The molecule has 0 aliphatic rings. The van der Waals surface area contributed by atoms with E-state index in [1.807, 2.05) is 6.92 Å². The van der Waals surface area contributed by atoms with Crippen molar-refractivity contribution in [2.75, 3.05) is 27.2 Å². The molecule has 2 rings (SSSR count). The maximum Gasteiger partial charge on any atom is 0.434 e. The molecule has 1 aromatic heterocycles. The van der Waals surface area contributed by atoms with E-state index in [1.165, 1.54) is 18.2 Å². The zero-order valence-electron chi connectivity index (χ0n) is 16.6. The molecular weight excluding hydrogens is 540 g/mol. The molecule has 1 heterocycles. The molecular formula is C18H23F5IN5S. The van der Waals surface area contributed by atoms with Crippen LogP contribution >= 0.6 is 35.3 Å². The SMILES string of the molecule is CCNC(=NCc1nc(C(F)(F)F)cs1)NCC(c1c(F)cccc1F)N(C)C.I. The van der Waals surface area contributed by atoms with Crippen LogP contribution in [0.25, 0.3) is 0 Å². The molecule has 0 radical (unpaired) electrons. The molecule has 1 aromatic carbocycles. The first-order valence-corrected chi connectivity index (χ1v) is 9.65. The summed E-state index contributed by atoms with van der Waals surface area (Å²) in [5.41, 5.74) is -1.02. The van der Waals surface area contributed by atoms with Crippen LogP contribution in [0.3, 0.4) is 0 Å². The number of thiazole rings is 1. The first-order valence-electron chi connectivity index (χ1n) is 8.77. The zero-order chi connectivity index (χ0) is 21.6. The lowest BCUT2D eigenvalue weighted by Gasteiger charge is -2.26. The Bertz CT molecular complexity index is 820. The fraction of sp³-hybridized carbons (Fsp3) is 0.444. The topological polar surface area (TPSA) is 52.6 Å². The van der Waals surface area contributed by atoms with Crippen LogP contribution in [0.4, 0.5) is 22.0 Å². The summed E-state index contributed by atoms with van der Waals surface area (Å²) >= 11 is 0.865. The van der Waals surface area contributed by atoms with Crippen molar-refractivity contribution in [1.82, 2.24) is 20.5 Å². The Kier molecular flexibility index (Phi) is 10.4. The monoisotopic (exact) mass is 563 g/mol. The summed E-state index contributed by atoms with van der Waals surface area (Å²) in [4.78, 5) is 9.41. The maximum atomic E-state index is 14.2. The average Bonchev–Trinajstić information content (AvgIpc) is 3.11. The second-order valence-corrected chi connectivity index (χ2v) is 7.26. The van der Waals surface area contributed by atoms with Gasteiger partial charge in [-0.1, -0.05) is 6.07 Å². The lowest BCUT2D eigenvalue weighted by Crippen LogP contribution is -2.42. The number of likely N-dealkylation sites (N-methyl/N-ethyl adjacent to an activating group) is 1. The predicted molar refractivity (Wildman–Crippen MR) is 118 cm³/mol. The highest BCUT2D eigenvalue weighted by molar-refractivity contribution is 14.0. The van der Waals surface area contributed by atoms with Crippen LogP contribution in [0.1, 0.15) is 29.2 Å². The van der Waals surface area contributed by atoms with E-state index in [-0.39, 0.29) is 47.6 Å². The van der Waals surface area contributed by atoms with Gasteiger partial charge in [-0.25, -0.2) is 18.8 Å². The normalized spacial score (nSPS) is 13.2. The summed E-state index contributed by atoms with van der Waals surface area (Å²) < 4.78 is 66.3. The minimum absolute atomic E-state index is 0. The summed E-state index contributed by atoms with van der Waals surface area (Å²) in [6, 6.07) is 3.05. The van der Waals surface area contributed by atoms with E-state index in [0.717, 1.165) is 16.7 Å². The smallest absolute Gasteiger partial charge is 0.357 e. The van der Waals surface area contributed by atoms with E-state index in [1.54, 1.807) is 19.0 Å². The third-order valence-corrected chi connectivity index (χ3v) is 4.81. The maximum absolute atomic E-state index is 14.2. The number of alkyl halides is 3. The van der Waals surface area contributed by atoms with Gasteiger partial charge in [-0.3, -0.25) is 0 Å². The van der Waals surface area contributed by atoms with Gasteiger partial charge < -0.3 is 15.5 Å². The van der Waals surface area contributed by atoms with Gasteiger partial charge in [0.15, 0.2) is 11.7 Å². The third kappa shape index (κ3) is 7.30. The molecule has 0 saturated carbocycles. The lowest BCUT2D eigenvalue weighted by molar-refractivity contribution is -0.140. The first kappa shape index (κ1) is 26.5. The Hall–Kier alpha value is -1.54. The summed E-state index contributed by atoms with van der Waals surface area (Å²) in [6.07, 6.45) is -4.50. The Labute approximate surface area is 192 Å². The highest BCUT2D eigenvalue weighted by atomic mass is 127. The molecule has 0 aliphatic carbocycles. The number of benzene rings is 1. The minimum atomic E-state index is -4.50. The minimum Gasteiger partial charge on any atom is -0.357 e. The van der Waals surface area contributed by atoms with Gasteiger partial charge in [0.2, 0.25) is 0 Å². The Balaban J connectivity index is 0.00000450. The fourth-order valence-electron chi connectivity index (χ4n) is 2.57. The number of halogens is 6. The van der Waals surface area contributed by atoms with Crippen molar-refractivity contribution in [3.05, 3.63) is 51.5 Å². The van der Waals surface area contributed by atoms with Gasteiger partial charge in [0.25, 0.3) is 0 Å². The number of rotatable bonds is 7. The molecule has 0 aliphatic heterocycles. The van der Waals surface area contributed by atoms with E-state index in [0.29, 0.717) is 12.5 Å². The molecule has 0 bridgehead atoms. The van der Waals surface area contributed by atoms with Crippen LogP contribution < -0.4 is 10.6 Å². The fourth-order valence-corrected chi connectivity index (χ4v) is 3.29. The average molecular weight is 563 g/mol. The molecule has 12 heteroatoms. The molecule has 168 valence electrons. The molecule has 1 unspecified atom stereocenters. The van der Waals surface area contributed by atoms with Gasteiger partial charge in [-0.2, -0.15) is 13.2 Å². The van der Waals surface area contributed by atoms with Gasteiger partial charge in [0.1, 0.15) is 16.6 Å². The van der Waals surface area contributed by atoms with Crippen molar-refractivity contribution in [3.63, 3.8) is 0 Å². The molecule has 0 saturated heterocycles. The van der Waals surface area contributed by atoms with E-state index in [9.17, 15) is 22.0 Å². The number of nitrogens with one attached hydrogen (secondary N) is 2. The van der Waals surface area contributed by atoms with E-state index >= 15 is 0 Å². The van der Waals surface area contributed by atoms with Crippen LogP contribution in [0.2, 0.25) is 0 Å². The first-order chi connectivity index (χ1) is 13.6. The van der Waals surface area contributed by atoms with Gasteiger partial charge in [-0.05, 0) is 33.2 Å². The van der Waals surface area contributed by atoms with Crippen molar-refractivity contribution in [2.45, 2.75) is 25.7 Å². The number of hydrogen-bond acceptors (Lipinski definition) is 4. The van der Waals surface area contributed by atoms with Crippen LogP contribution in [0, 0.1) is 11.6 Å². The number of guanidine groups is 1. The van der Waals surface area contributed by atoms with Gasteiger partial charge in [-0.15, -0.1) is 35.3 Å².